The molecule has 1 amide bonds. The van der Waals surface area contributed by atoms with E-state index in [1.165, 1.54) is 0 Å². The quantitative estimate of drug-likeness (QED) is 0.389. The number of carbonyl (C=O) groups is 2. The zero-order valence-corrected chi connectivity index (χ0v) is 7.12. The maximum Gasteiger partial charge on any atom is 0.317 e. The van der Waals surface area contributed by atoms with Gasteiger partial charge in [0.05, 0.1) is 6.54 Å². The summed E-state index contributed by atoms with van der Waals surface area (Å²) in [5, 5.41) is 10.9. The first-order chi connectivity index (χ1) is 5.70. The van der Waals surface area contributed by atoms with Crippen LogP contribution in [0.25, 0.3) is 0 Å². The van der Waals surface area contributed by atoms with Crippen molar-refractivity contribution < 1.29 is 14.7 Å². The van der Waals surface area contributed by atoms with Gasteiger partial charge in [-0.25, -0.2) is 0 Å². The van der Waals surface area contributed by atoms with Crippen LogP contribution >= 0.6 is 0 Å². The summed E-state index contributed by atoms with van der Waals surface area (Å²) in [7, 11) is 0. The summed E-state index contributed by atoms with van der Waals surface area (Å²) in [5.41, 5.74) is 0. The van der Waals surface area contributed by atoms with Gasteiger partial charge in [-0.1, -0.05) is 6.92 Å². The number of likely N-dealkylation sites (N-methyl/N-ethyl adjacent to an activating group) is 1. The smallest absolute Gasteiger partial charge is 0.317 e. The molecule has 0 aromatic carbocycles. The Bertz CT molecular complexity index is 150. The van der Waals surface area contributed by atoms with Crippen LogP contribution in [0.5, 0.6) is 0 Å². The molecular weight excluding hydrogens is 160 g/mol. The van der Waals surface area contributed by atoms with Crippen molar-refractivity contribution in [2.75, 3.05) is 26.2 Å². The molecule has 0 saturated heterocycles. The summed E-state index contributed by atoms with van der Waals surface area (Å²) >= 11 is 0. The highest BCUT2D eigenvalue weighted by atomic mass is 16.4. The lowest BCUT2D eigenvalue weighted by Gasteiger charge is -2.16. The van der Waals surface area contributed by atoms with Crippen LogP contribution in [0.15, 0.2) is 0 Å². The molecule has 0 aliphatic carbocycles. The Kier molecular flexibility index (Phi) is 6.00. The minimum atomic E-state index is -0.844. The molecule has 0 bridgehead atoms. The SMILES string of the molecule is CCN(CCNC=O)CC(=O)O. The average Bonchev–Trinajstić information content (AvgIpc) is 2.02. The molecule has 0 aromatic rings. The molecular formula is C7H14N2O3. The Labute approximate surface area is 71.4 Å². The lowest BCUT2D eigenvalue weighted by atomic mass is 10.4. The van der Waals surface area contributed by atoms with Crippen LogP contribution in [-0.2, 0) is 9.59 Å². The monoisotopic (exact) mass is 174 g/mol. The third-order valence-electron chi connectivity index (χ3n) is 1.46. The molecule has 0 fully saturated rings. The van der Waals surface area contributed by atoms with Crippen molar-refractivity contribution in [2.24, 2.45) is 0 Å². The Morgan fingerprint density at radius 3 is 2.75 bits per heavy atom. The zero-order valence-electron chi connectivity index (χ0n) is 7.12. The van der Waals surface area contributed by atoms with E-state index in [9.17, 15) is 9.59 Å². The predicted molar refractivity (Wildman–Crippen MR) is 43.8 cm³/mol. The van der Waals surface area contributed by atoms with Crippen molar-refractivity contribution in [1.29, 1.82) is 0 Å². The van der Waals surface area contributed by atoms with Crippen molar-refractivity contribution in [1.82, 2.24) is 10.2 Å². The number of nitrogens with one attached hydrogen (secondary N) is 1. The first-order valence-corrected chi connectivity index (χ1v) is 3.82. The van der Waals surface area contributed by atoms with Gasteiger partial charge in [-0.15, -0.1) is 0 Å². The summed E-state index contributed by atoms with van der Waals surface area (Å²) in [6.45, 7) is 3.64. The van der Waals surface area contributed by atoms with Gasteiger partial charge in [-0.05, 0) is 6.54 Å². The Morgan fingerprint density at radius 1 is 1.67 bits per heavy atom. The summed E-state index contributed by atoms with van der Waals surface area (Å²) in [4.78, 5) is 21.9. The van der Waals surface area contributed by atoms with Crippen LogP contribution in [0.3, 0.4) is 0 Å². The van der Waals surface area contributed by atoms with E-state index in [2.05, 4.69) is 5.32 Å². The van der Waals surface area contributed by atoms with Gasteiger partial charge >= 0.3 is 5.97 Å². The van der Waals surface area contributed by atoms with Gasteiger partial charge in [0, 0.05) is 13.1 Å². The molecule has 2 N–H and O–H groups in total. The summed E-state index contributed by atoms with van der Waals surface area (Å²) in [6.07, 6.45) is 0.606. The van der Waals surface area contributed by atoms with E-state index < -0.39 is 5.97 Å². The molecule has 0 saturated carbocycles. The zero-order chi connectivity index (χ0) is 9.40. The Hall–Kier alpha value is -1.10. The van der Waals surface area contributed by atoms with Gasteiger partial charge in [-0.2, -0.15) is 0 Å². The fourth-order valence-electron chi connectivity index (χ4n) is 0.822. The molecule has 0 aliphatic heterocycles. The van der Waals surface area contributed by atoms with Crippen LogP contribution < -0.4 is 5.32 Å². The van der Waals surface area contributed by atoms with Gasteiger partial charge in [0.2, 0.25) is 6.41 Å². The second-order valence-corrected chi connectivity index (χ2v) is 2.33. The number of carboxylic acids is 1. The van der Waals surface area contributed by atoms with Crippen LogP contribution in [0.2, 0.25) is 0 Å². The maximum atomic E-state index is 10.3. The Balaban J connectivity index is 3.52. The number of aliphatic carboxylic acids is 1. The van der Waals surface area contributed by atoms with Gasteiger partial charge in [0.15, 0.2) is 0 Å². The van der Waals surface area contributed by atoms with E-state index in [1.807, 2.05) is 6.92 Å². The van der Waals surface area contributed by atoms with Crippen molar-refractivity contribution in [2.45, 2.75) is 6.92 Å². The second-order valence-electron chi connectivity index (χ2n) is 2.33. The Morgan fingerprint density at radius 2 is 2.33 bits per heavy atom. The van der Waals surface area contributed by atoms with Crippen molar-refractivity contribution >= 4 is 12.4 Å². The number of hydrogen-bond donors (Lipinski definition) is 2. The molecule has 12 heavy (non-hydrogen) atoms. The largest absolute Gasteiger partial charge is 0.480 e. The topological polar surface area (TPSA) is 69.6 Å². The van der Waals surface area contributed by atoms with E-state index >= 15 is 0 Å². The molecule has 0 aromatic heterocycles. The minimum Gasteiger partial charge on any atom is -0.480 e. The molecule has 5 nitrogen and oxygen atoms in total. The molecule has 0 radical (unpaired) electrons. The highest BCUT2D eigenvalue weighted by molar-refractivity contribution is 5.69. The molecule has 0 spiro atoms. The molecule has 0 heterocycles. The van der Waals surface area contributed by atoms with E-state index in [0.717, 1.165) is 0 Å². The van der Waals surface area contributed by atoms with Crippen LogP contribution in [0.1, 0.15) is 6.92 Å². The third kappa shape index (κ3) is 5.67. The number of hydrogen-bond acceptors (Lipinski definition) is 3. The molecule has 0 rings (SSSR count). The van der Waals surface area contributed by atoms with E-state index in [1.54, 1.807) is 4.90 Å². The third-order valence-corrected chi connectivity index (χ3v) is 1.46. The van der Waals surface area contributed by atoms with Gasteiger partial charge < -0.3 is 10.4 Å². The maximum absolute atomic E-state index is 10.3. The lowest BCUT2D eigenvalue weighted by Crippen LogP contribution is -2.35. The summed E-state index contributed by atoms with van der Waals surface area (Å²) in [6, 6.07) is 0. The standard InChI is InChI=1S/C7H14N2O3/c1-2-9(5-7(11)12)4-3-8-6-10/h6H,2-5H2,1H3,(H,8,10)(H,11,12). The first kappa shape index (κ1) is 10.9. The molecule has 0 unspecified atom stereocenters. The molecule has 0 atom stereocenters. The second kappa shape index (κ2) is 6.60. The number of rotatable bonds is 7. The van der Waals surface area contributed by atoms with Crippen molar-refractivity contribution in [3.8, 4) is 0 Å². The fraction of sp³-hybridized carbons (Fsp3) is 0.714. The fourth-order valence-corrected chi connectivity index (χ4v) is 0.822. The highest BCUT2D eigenvalue weighted by Gasteiger charge is 2.05. The molecule has 0 aliphatic rings. The van der Waals surface area contributed by atoms with E-state index in [0.29, 0.717) is 26.0 Å². The van der Waals surface area contributed by atoms with Gasteiger partial charge in [0.1, 0.15) is 0 Å². The lowest BCUT2D eigenvalue weighted by molar-refractivity contribution is -0.138. The number of carboxylic acid groups (broad SMARTS) is 1. The van der Waals surface area contributed by atoms with Crippen LogP contribution in [0, 0.1) is 0 Å². The first-order valence-electron chi connectivity index (χ1n) is 3.82. The van der Waals surface area contributed by atoms with Crippen molar-refractivity contribution in [3.05, 3.63) is 0 Å². The van der Waals surface area contributed by atoms with Crippen molar-refractivity contribution in [3.63, 3.8) is 0 Å². The predicted octanol–water partition coefficient (Wildman–Crippen LogP) is -0.861. The average molecular weight is 174 g/mol. The molecule has 5 heteroatoms. The minimum absolute atomic E-state index is 0.0248. The van der Waals surface area contributed by atoms with E-state index in [4.69, 9.17) is 5.11 Å². The molecule has 70 valence electrons. The number of nitrogens with zero attached hydrogens (tertiary/aromatic N) is 1. The van der Waals surface area contributed by atoms with Gasteiger partial charge in [-0.3, -0.25) is 14.5 Å². The van der Waals surface area contributed by atoms with Gasteiger partial charge in [0.25, 0.3) is 0 Å². The number of carbonyl (C=O) groups excluding carboxylic acids is 1. The summed E-state index contributed by atoms with van der Waals surface area (Å²) < 4.78 is 0. The van der Waals surface area contributed by atoms with Crippen LogP contribution in [0.4, 0.5) is 0 Å². The number of amides is 1. The van der Waals surface area contributed by atoms with E-state index in [-0.39, 0.29) is 6.54 Å². The highest BCUT2D eigenvalue weighted by Crippen LogP contribution is 1.84. The summed E-state index contributed by atoms with van der Waals surface area (Å²) in [5.74, 6) is -0.844. The normalized spacial score (nSPS) is 9.83. The van der Waals surface area contributed by atoms with Crippen LogP contribution in [-0.4, -0.2) is 48.6 Å².